The summed E-state index contributed by atoms with van der Waals surface area (Å²) in [5.41, 5.74) is 0.698. The minimum atomic E-state index is -0.506. The Kier molecular flexibility index (Phi) is 6.71. The van der Waals surface area contributed by atoms with E-state index in [2.05, 4.69) is 20.8 Å². The first-order valence-electron chi connectivity index (χ1n) is 9.07. The molecule has 9 heteroatoms. The molecule has 0 aliphatic heterocycles. The molecule has 0 aliphatic rings. The van der Waals surface area contributed by atoms with Gasteiger partial charge in [0.25, 0.3) is 0 Å². The largest absolute Gasteiger partial charge is 0.333 e. The number of imide groups is 1. The van der Waals surface area contributed by atoms with Gasteiger partial charge < -0.3 is 5.32 Å². The predicted octanol–water partition coefficient (Wildman–Crippen LogP) is 3.77. The fraction of sp³-hybridized carbons (Fsp3) is 0.300. The van der Waals surface area contributed by atoms with Crippen LogP contribution in [0.15, 0.2) is 53.0 Å². The number of urea groups is 1. The van der Waals surface area contributed by atoms with Gasteiger partial charge in [0.1, 0.15) is 0 Å². The molecule has 0 fully saturated rings. The van der Waals surface area contributed by atoms with E-state index in [1.165, 1.54) is 11.8 Å². The van der Waals surface area contributed by atoms with E-state index >= 15 is 0 Å². The van der Waals surface area contributed by atoms with E-state index in [0.29, 0.717) is 11.7 Å². The van der Waals surface area contributed by atoms with Crippen molar-refractivity contribution in [1.82, 2.24) is 25.4 Å². The summed E-state index contributed by atoms with van der Waals surface area (Å²) < 4.78 is 1.99. The molecule has 3 amide bonds. The molecule has 0 aliphatic carbocycles. The van der Waals surface area contributed by atoms with E-state index in [9.17, 15) is 9.59 Å². The van der Waals surface area contributed by atoms with Crippen LogP contribution in [0.3, 0.4) is 0 Å². The van der Waals surface area contributed by atoms with Crippen LogP contribution >= 0.6 is 23.1 Å². The number of carbonyl (C=O) groups excluding carboxylic acids is 2. The Morgan fingerprint density at radius 2 is 1.86 bits per heavy atom. The summed E-state index contributed by atoms with van der Waals surface area (Å²) in [6, 6.07) is 13.5. The molecular formula is C20H23N5O2S2. The molecule has 0 atom stereocenters. The lowest BCUT2D eigenvalue weighted by molar-refractivity contribution is -0.117. The number of rotatable bonds is 6. The van der Waals surface area contributed by atoms with Crippen molar-refractivity contribution < 1.29 is 9.59 Å². The van der Waals surface area contributed by atoms with Crippen molar-refractivity contribution in [3.8, 4) is 10.7 Å². The molecule has 152 valence electrons. The van der Waals surface area contributed by atoms with Crippen molar-refractivity contribution in [2.45, 2.75) is 38.0 Å². The summed E-state index contributed by atoms with van der Waals surface area (Å²) in [7, 11) is 0. The molecule has 0 spiro atoms. The molecule has 0 saturated heterocycles. The quantitative estimate of drug-likeness (QED) is 0.582. The summed E-state index contributed by atoms with van der Waals surface area (Å²) in [6.07, 6.45) is 0. The van der Waals surface area contributed by atoms with Crippen LogP contribution in [0.1, 0.15) is 26.3 Å². The number of aromatic nitrogens is 3. The highest BCUT2D eigenvalue weighted by Gasteiger charge is 2.19. The summed E-state index contributed by atoms with van der Waals surface area (Å²) >= 11 is 2.84. The van der Waals surface area contributed by atoms with Gasteiger partial charge in [-0.05, 0) is 37.8 Å². The van der Waals surface area contributed by atoms with Gasteiger partial charge in [0.15, 0.2) is 11.0 Å². The molecule has 0 radical (unpaired) electrons. The smallest absolute Gasteiger partial charge is 0.321 e. The molecular weight excluding hydrogens is 406 g/mol. The minimum Gasteiger partial charge on any atom is -0.333 e. The van der Waals surface area contributed by atoms with Gasteiger partial charge in [-0.25, -0.2) is 4.79 Å². The lowest BCUT2D eigenvalue weighted by atomic mass is 10.1. The van der Waals surface area contributed by atoms with E-state index in [0.717, 1.165) is 16.3 Å². The van der Waals surface area contributed by atoms with Crippen LogP contribution in [0.4, 0.5) is 4.79 Å². The van der Waals surface area contributed by atoms with Crippen molar-refractivity contribution in [2.24, 2.45) is 0 Å². The van der Waals surface area contributed by atoms with Crippen molar-refractivity contribution in [3.63, 3.8) is 0 Å². The number of thiophene rings is 1. The van der Waals surface area contributed by atoms with Gasteiger partial charge in [0.2, 0.25) is 5.91 Å². The van der Waals surface area contributed by atoms with E-state index < -0.39 is 11.6 Å². The zero-order valence-electron chi connectivity index (χ0n) is 16.5. The van der Waals surface area contributed by atoms with E-state index in [4.69, 9.17) is 0 Å². The second-order valence-electron chi connectivity index (χ2n) is 7.40. The number of thioether (sulfide) groups is 1. The van der Waals surface area contributed by atoms with Crippen LogP contribution in [0.2, 0.25) is 0 Å². The Hall–Kier alpha value is -2.65. The first-order chi connectivity index (χ1) is 13.8. The van der Waals surface area contributed by atoms with Gasteiger partial charge in [0, 0.05) is 5.54 Å². The fourth-order valence-electron chi connectivity index (χ4n) is 2.56. The van der Waals surface area contributed by atoms with Crippen LogP contribution < -0.4 is 10.6 Å². The molecule has 29 heavy (non-hydrogen) atoms. The first-order valence-corrected chi connectivity index (χ1v) is 10.9. The number of amides is 3. The van der Waals surface area contributed by atoms with Gasteiger partial charge >= 0.3 is 6.03 Å². The van der Waals surface area contributed by atoms with Crippen molar-refractivity contribution >= 4 is 35.0 Å². The van der Waals surface area contributed by atoms with E-state index in [-0.39, 0.29) is 11.7 Å². The van der Waals surface area contributed by atoms with Gasteiger partial charge in [-0.3, -0.25) is 14.7 Å². The predicted molar refractivity (Wildman–Crippen MR) is 116 cm³/mol. The van der Waals surface area contributed by atoms with Crippen molar-refractivity contribution in [2.75, 3.05) is 5.75 Å². The van der Waals surface area contributed by atoms with Crippen molar-refractivity contribution in [1.29, 1.82) is 0 Å². The average molecular weight is 430 g/mol. The molecule has 7 nitrogen and oxygen atoms in total. The third-order valence-corrected chi connectivity index (χ3v) is 5.55. The SMILES string of the molecule is CC(C)(C)NC(=O)NC(=O)CSc1nnc(-c2cccs2)n1Cc1ccccc1. The standard InChI is InChI=1S/C20H23N5O2S2/c1-20(2,3)22-18(27)21-16(26)13-29-19-24-23-17(15-10-7-11-28-15)25(19)12-14-8-5-4-6-9-14/h4-11H,12-13H2,1-3H3,(H2,21,22,26,27). The van der Waals surface area contributed by atoms with Gasteiger partial charge in [-0.2, -0.15) is 0 Å². The molecule has 1 aromatic carbocycles. The number of nitrogens with one attached hydrogen (secondary N) is 2. The highest BCUT2D eigenvalue weighted by molar-refractivity contribution is 7.99. The molecule has 0 saturated carbocycles. The lowest BCUT2D eigenvalue weighted by Crippen LogP contribution is -2.48. The molecule has 0 unspecified atom stereocenters. The van der Waals surface area contributed by atoms with Gasteiger partial charge in [0.05, 0.1) is 17.2 Å². The Morgan fingerprint density at radius 1 is 1.10 bits per heavy atom. The summed E-state index contributed by atoms with van der Waals surface area (Å²) in [6.45, 7) is 6.15. The molecule has 2 heterocycles. The first kappa shape index (κ1) is 21.1. The second-order valence-corrected chi connectivity index (χ2v) is 9.29. The monoisotopic (exact) mass is 429 g/mol. The van der Waals surface area contributed by atoms with Crippen LogP contribution in [0.25, 0.3) is 10.7 Å². The lowest BCUT2D eigenvalue weighted by Gasteiger charge is -2.20. The molecule has 2 aromatic heterocycles. The average Bonchev–Trinajstić information content (AvgIpc) is 3.29. The highest BCUT2D eigenvalue weighted by Crippen LogP contribution is 2.28. The van der Waals surface area contributed by atoms with Gasteiger partial charge in [-0.1, -0.05) is 48.2 Å². The molecule has 0 bridgehead atoms. The maximum absolute atomic E-state index is 12.2. The van der Waals surface area contributed by atoms with E-state index in [1.54, 1.807) is 11.3 Å². The Bertz CT molecular complexity index is 963. The number of hydrogen-bond acceptors (Lipinski definition) is 6. The number of benzene rings is 1. The Balaban J connectivity index is 1.72. The number of nitrogens with zero attached hydrogens (tertiary/aromatic N) is 3. The van der Waals surface area contributed by atoms with Gasteiger partial charge in [-0.15, -0.1) is 21.5 Å². The normalized spacial score (nSPS) is 11.3. The minimum absolute atomic E-state index is 0.0644. The fourth-order valence-corrected chi connectivity index (χ4v) is 4.01. The Morgan fingerprint density at radius 3 is 2.52 bits per heavy atom. The maximum Gasteiger partial charge on any atom is 0.321 e. The molecule has 3 aromatic rings. The summed E-state index contributed by atoms with van der Waals surface area (Å²) in [4.78, 5) is 25.0. The maximum atomic E-state index is 12.2. The van der Waals surface area contributed by atoms with Crippen molar-refractivity contribution in [3.05, 3.63) is 53.4 Å². The van der Waals surface area contributed by atoms with Crippen LogP contribution in [-0.4, -0.2) is 38.0 Å². The summed E-state index contributed by atoms with van der Waals surface area (Å²) in [5, 5.41) is 16.3. The summed E-state index contributed by atoms with van der Waals surface area (Å²) in [5.74, 6) is 0.440. The molecule has 2 N–H and O–H groups in total. The van der Waals surface area contributed by atoms with E-state index in [1.807, 2.05) is 73.2 Å². The molecule has 3 rings (SSSR count). The zero-order valence-corrected chi connectivity index (χ0v) is 18.1. The van der Waals surface area contributed by atoms with Crippen LogP contribution in [0.5, 0.6) is 0 Å². The topological polar surface area (TPSA) is 88.9 Å². The van der Waals surface area contributed by atoms with Crippen LogP contribution in [-0.2, 0) is 11.3 Å². The third-order valence-electron chi connectivity index (χ3n) is 3.72. The zero-order chi connectivity index (χ0) is 20.9. The van der Waals surface area contributed by atoms with Crippen LogP contribution in [0, 0.1) is 0 Å². The third kappa shape index (κ3) is 6.16. The Labute approximate surface area is 177 Å². The highest BCUT2D eigenvalue weighted by atomic mass is 32.2. The second kappa shape index (κ2) is 9.23. The number of hydrogen-bond donors (Lipinski definition) is 2. The number of carbonyl (C=O) groups is 2.